The van der Waals surface area contributed by atoms with Crippen LogP contribution in [0, 0.1) is 3.57 Å². The largest absolute Gasteiger partial charge is 0.308 e. The fourth-order valence-electron chi connectivity index (χ4n) is 5.78. The number of benzene rings is 4. The normalized spacial score (nSPS) is 13.4. The Bertz CT molecular complexity index is 1700. The summed E-state index contributed by atoms with van der Waals surface area (Å²) in [5, 5.41) is 2.62. The van der Waals surface area contributed by atoms with Crippen molar-refractivity contribution in [1.29, 1.82) is 0 Å². The summed E-state index contributed by atoms with van der Waals surface area (Å²) in [5.74, 6) is 0. The first kappa shape index (κ1) is 30.9. The number of rotatable bonds is 2. The Labute approximate surface area is 267 Å². The smallest absolute Gasteiger partial charge is 0.0601 e. The molecule has 1 nitrogen and oxygen atoms in total. The van der Waals surface area contributed by atoms with Crippen molar-refractivity contribution in [2.45, 2.75) is 105 Å². The standard InChI is InChI=1S/C40H48IN/c1-37(2,3)26-16-18-31-32-19-17-27(38(4,5)6)24-35(32)42(34(31)23-26)33-15-13-14-30(36(33)41)25-20-28(39(7,8)9)22-29(21-25)40(10,11)12/h13-24H,1-12H3. The van der Waals surface area contributed by atoms with Gasteiger partial charge in [0.2, 0.25) is 0 Å². The van der Waals surface area contributed by atoms with E-state index in [1.807, 2.05) is 0 Å². The second-order valence-corrected chi connectivity index (χ2v) is 17.3. The van der Waals surface area contributed by atoms with Gasteiger partial charge in [-0.05, 0) is 95.8 Å². The molecule has 0 spiro atoms. The average Bonchev–Trinajstić information content (AvgIpc) is 3.19. The quantitative estimate of drug-likeness (QED) is 0.165. The zero-order valence-electron chi connectivity index (χ0n) is 27.8. The topological polar surface area (TPSA) is 4.93 Å². The van der Waals surface area contributed by atoms with Crippen LogP contribution in [0.1, 0.15) is 105 Å². The van der Waals surface area contributed by atoms with Crippen LogP contribution in [-0.2, 0) is 21.7 Å². The van der Waals surface area contributed by atoms with Crippen LogP contribution in [0.3, 0.4) is 0 Å². The third-order valence-corrected chi connectivity index (χ3v) is 9.83. The molecule has 1 heterocycles. The van der Waals surface area contributed by atoms with Gasteiger partial charge >= 0.3 is 0 Å². The minimum absolute atomic E-state index is 0.0673. The fraction of sp³-hybridized carbons (Fsp3) is 0.400. The SMILES string of the molecule is CC(C)(C)c1cc(-c2cccc(-n3c4cc(C(C)(C)C)ccc4c4ccc(C(C)(C)C)cc43)c2I)cc(C(C)(C)C)c1. The third-order valence-electron chi connectivity index (χ3n) is 8.69. The van der Waals surface area contributed by atoms with Gasteiger partial charge in [-0.3, -0.25) is 0 Å². The Hall–Kier alpha value is -2.59. The monoisotopic (exact) mass is 669 g/mol. The maximum atomic E-state index is 2.61. The molecular weight excluding hydrogens is 621 g/mol. The molecule has 0 unspecified atom stereocenters. The Kier molecular flexibility index (Phi) is 7.53. The Morgan fingerprint density at radius 1 is 0.476 bits per heavy atom. The minimum Gasteiger partial charge on any atom is -0.308 e. The molecule has 42 heavy (non-hydrogen) atoms. The van der Waals surface area contributed by atoms with Crippen LogP contribution in [0.15, 0.2) is 72.8 Å². The van der Waals surface area contributed by atoms with E-state index in [1.54, 1.807) is 0 Å². The zero-order valence-corrected chi connectivity index (χ0v) is 29.9. The predicted molar refractivity (Wildman–Crippen MR) is 194 cm³/mol. The maximum absolute atomic E-state index is 2.61. The summed E-state index contributed by atoms with van der Waals surface area (Å²) in [6.45, 7) is 27.7. The molecule has 0 aliphatic carbocycles. The Balaban J connectivity index is 1.86. The van der Waals surface area contributed by atoms with E-state index in [2.05, 4.69) is 183 Å². The van der Waals surface area contributed by atoms with E-state index in [1.165, 1.54) is 64.4 Å². The van der Waals surface area contributed by atoms with Gasteiger partial charge in [0.25, 0.3) is 0 Å². The second-order valence-electron chi connectivity index (χ2n) is 16.2. The van der Waals surface area contributed by atoms with Crippen LogP contribution >= 0.6 is 22.6 Å². The highest BCUT2D eigenvalue weighted by atomic mass is 127. The molecule has 5 aromatic rings. The van der Waals surface area contributed by atoms with Gasteiger partial charge in [0, 0.05) is 14.3 Å². The highest BCUT2D eigenvalue weighted by molar-refractivity contribution is 14.1. The number of aromatic nitrogens is 1. The molecule has 4 aromatic carbocycles. The molecule has 0 aliphatic heterocycles. The zero-order chi connectivity index (χ0) is 31.0. The predicted octanol–water partition coefficient (Wildman–Crippen LogP) is 12.2. The molecule has 0 saturated heterocycles. The Morgan fingerprint density at radius 2 is 0.905 bits per heavy atom. The minimum atomic E-state index is 0.0673. The van der Waals surface area contributed by atoms with Crippen LogP contribution in [0.4, 0.5) is 0 Å². The highest BCUT2D eigenvalue weighted by Crippen LogP contribution is 2.41. The van der Waals surface area contributed by atoms with E-state index in [9.17, 15) is 0 Å². The van der Waals surface area contributed by atoms with Crippen molar-refractivity contribution in [2.75, 3.05) is 0 Å². The van der Waals surface area contributed by atoms with Gasteiger partial charge < -0.3 is 4.57 Å². The molecule has 0 bridgehead atoms. The lowest BCUT2D eigenvalue weighted by molar-refractivity contribution is 0.569. The van der Waals surface area contributed by atoms with E-state index in [0.29, 0.717) is 0 Å². The van der Waals surface area contributed by atoms with E-state index in [-0.39, 0.29) is 21.7 Å². The van der Waals surface area contributed by atoms with Crippen molar-refractivity contribution in [3.8, 4) is 16.8 Å². The van der Waals surface area contributed by atoms with Crippen molar-refractivity contribution >= 4 is 44.4 Å². The number of hydrogen-bond donors (Lipinski definition) is 0. The molecule has 2 heteroatoms. The lowest BCUT2D eigenvalue weighted by Gasteiger charge is -2.27. The molecule has 0 atom stereocenters. The van der Waals surface area contributed by atoms with Crippen molar-refractivity contribution in [2.24, 2.45) is 0 Å². The van der Waals surface area contributed by atoms with Gasteiger partial charge in [0.1, 0.15) is 0 Å². The Morgan fingerprint density at radius 3 is 1.31 bits per heavy atom. The molecule has 1 aromatic heterocycles. The number of nitrogens with zero attached hydrogens (tertiary/aromatic N) is 1. The van der Waals surface area contributed by atoms with E-state index < -0.39 is 0 Å². The van der Waals surface area contributed by atoms with E-state index in [0.717, 1.165) is 0 Å². The molecule has 0 radical (unpaired) electrons. The van der Waals surface area contributed by atoms with Crippen LogP contribution in [0.5, 0.6) is 0 Å². The van der Waals surface area contributed by atoms with Gasteiger partial charge in [0.05, 0.1) is 16.7 Å². The van der Waals surface area contributed by atoms with Crippen LogP contribution < -0.4 is 0 Å². The molecular formula is C40H48IN. The van der Waals surface area contributed by atoms with Crippen molar-refractivity contribution in [3.63, 3.8) is 0 Å². The number of hydrogen-bond acceptors (Lipinski definition) is 0. The van der Waals surface area contributed by atoms with Crippen molar-refractivity contribution in [1.82, 2.24) is 4.57 Å². The first-order valence-corrected chi connectivity index (χ1v) is 16.4. The van der Waals surface area contributed by atoms with Gasteiger partial charge in [-0.1, -0.05) is 138 Å². The summed E-state index contributed by atoms with van der Waals surface area (Å²) in [6, 6.07) is 28.2. The molecule has 5 rings (SSSR count). The summed E-state index contributed by atoms with van der Waals surface area (Å²) < 4.78 is 3.81. The van der Waals surface area contributed by atoms with Crippen LogP contribution in [-0.4, -0.2) is 4.57 Å². The van der Waals surface area contributed by atoms with Gasteiger partial charge in [-0.2, -0.15) is 0 Å². The second kappa shape index (κ2) is 10.3. The molecule has 0 fully saturated rings. The lowest BCUT2D eigenvalue weighted by atomic mass is 9.79. The molecule has 0 N–H and O–H groups in total. The maximum Gasteiger partial charge on any atom is 0.0601 e. The summed E-state index contributed by atoms with van der Waals surface area (Å²) in [5.41, 5.74) is 12.1. The number of fused-ring (bicyclic) bond motifs is 3. The van der Waals surface area contributed by atoms with Crippen molar-refractivity contribution < 1.29 is 0 Å². The molecule has 220 valence electrons. The van der Waals surface area contributed by atoms with Gasteiger partial charge in [0.15, 0.2) is 0 Å². The molecule has 0 amide bonds. The molecule has 0 saturated carbocycles. The fourth-order valence-corrected chi connectivity index (χ4v) is 6.69. The first-order valence-electron chi connectivity index (χ1n) is 15.3. The summed E-state index contributed by atoms with van der Waals surface area (Å²) in [6.07, 6.45) is 0. The highest BCUT2D eigenvalue weighted by Gasteiger charge is 2.24. The van der Waals surface area contributed by atoms with Crippen LogP contribution in [0.25, 0.3) is 38.6 Å². The third kappa shape index (κ3) is 5.68. The number of halogens is 1. The first-order chi connectivity index (χ1) is 19.3. The van der Waals surface area contributed by atoms with Crippen molar-refractivity contribution in [3.05, 3.63) is 98.6 Å². The summed E-state index contributed by atoms with van der Waals surface area (Å²) >= 11 is 2.61. The van der Waals surface area contributed by atoms with E-state index in [4.69, 9.17) is 0 Å². The molecule has 0 aliphatic rings. The lowest BCUT2D eigenvalue weighted by Crippen LogP contribution is -2.16. The van der Waals surface area contributed by atoms with E-state index >= 15 is 0 Å². The van der Waals surface area contributed by atoms with Gasteiger partial charge in [-0.25, -0.2) is 0 Å². The average molecular weight is 670 g/mol. The summed E-state index contributed by atoms with van der Waals surface area (Å²) in [4.78, 5) is 0. The van der Waals surface area contributed by atoms with Gasteiger partial charge in [-0.15, -0.1) is 0 Å². The summed E-state index contributed by atoms with van der Waals surface area (Å²) in [7, 11) is 0. The van der Waals surface area contributed by atoms with Crippen LogP contribution in [0.2, 0.25) is 0 Å².